The molecule has 0 aromatic heterocycles. The summed E-state index contributed by atoms with van der Waals surface area (Å²) in [6.07, 6.45) is 6.31. The van der Waals surface area contributed by atoms with Crippen LogP contribution < -0.4 is 0 Å². The second-order valence-corrected chi connectivity index (χ2v) is 3.27. The lowest BCUT2D eigenvalue weighted by Crippen LogP contribution is -2.04. The van der Waals surface area contributed by atoms with Gasteiger partial charge in [-0.05, 0) is 37.7 Å². The summed E-state index contributed by atoms with van der Waals surface area (Å²) in [6, 6.07) is 0. The largest absolute Gasteiger partial charge is 0.0958 e. The minimum absolute atomic E-state index is 0.756. The van der Waals surface area contributed by atoms with Gasteiger partial charge in [-0.3, -0.25) is 0 Å². The summed E-state index contributed by atoms with van der Waals surface area (Å²) >= 11 is 0. The number of hydrogen-bond acceptors (Lipinski definition) is 0. The lowest BCUT2D eigenvalue weighted by Gasteiger charge is -2.20. The van der Waals surface area contributed by atoms with E-state index >= 15 is 0 Å². The highest BCUT2D eigenvalue weighted by molar-refractivity contribution is 5.29. The summed E-state index contributed by atoms with van der Waals surface area (Å²) in [5, 5.41) is 0. The van der Waals surface area contributed by atoms with Crippen molar-refractivity contribution in [2.75, 3.05) is 0 Å². The van der Waals surface area contributed by atoms with Gasteiger partial charge in [0.2, 0.25) is 0 Å². The molecule has 0 saturated heterocycles. The first-order chi connectivity index (χ1) is 4.72. The molecule has 1 atom stereocenters. The van der Waals surface area contributed by atoms with Crippen LogP contribution >= 0.6 is 0 Å². The molecule has 0 spiro atoms. The maximum absolute atomic E-state index is 3.96. The Balaban J connectivity index is 2.71. The van der Waals surface area contributed by atoms with E-state index in [1.165, 1.54) is 30.4 Å². The molecule has 0 bridgehead atoms. The molecular weight excluding hydrogens is 120 g/mol. The Morgan fingerprint density at radius 2 is 2.40 bits per heavy atom. The fourth-order valence-electron chi connectivity index (χ4n) is 1.63. The third-order valence-electron chi connectivity index (χ3n) is 2.23. The minimum Gasteiger partial charge on any atom is -0.0958 e. The van der Waals surface area contributed by atoms with Gasteiger partial charge in [0.15, 0.2) is 0 Å². The van der Waals surface area contributed by atoms with Crippen LogP contribution in [0.4, 0.5) is 0 Å². The van der Waals surface area contributed by atoms with Crippen molar-refractivity contribution in [2.24, 2.45) is 5.92 Å². The predicted octanol–water partition coefficient (Wildman–Crippen LogP) is 3.31. The normalized spacial score (nSPS) is 25.8. The Labute approximate surface area is 63.6 Å². The van der Waals surface area contributed by atoms with Crippen molar-refractivity contribution in [2.45, 2.75) is 33.1 Å². The van der Waals surface area contributed by atoms with Gasteiger partial charge in [-0.25, -0.2) is 0 Å². The summed E-state index contributed by atoms with van der Waals surface area (Å²) in [5.41, 5.74) is 2.75. The van der Waals surface area contributed by atoms with Crippen LogP contribution in [0.1, 0.15) is 33.1 Å². The summed E-state index contributed by atoms with van der Waals surface area (Å²) in [4.78, 5) is 0. The Bertz CT molecular complexity index is 163. The Hall–Kier alpha value is -0.520. The van der Waals surface area contributed by atoms with Crippen LogP contribution in [0.5, 0.6) is 0 Å². The molecule has 1 unspecified atom stereocenters. The van der Waals surface area contributed by atoms with Gasteiger partial charge in [0.25, 0.3) is 0 Å². The van der Waals surface area contributed by atoms with Gasteiger partial charge in [0, 0.05) is 0 Å². The highest BCUT2D eigenvalue weighted by Crippen LogP contribution is 2.28. The highest BCUT2D eigenvalue weighted by Gasteiger charge is 2.12. The summed E-state index contributed by atoms with van der Waals surface area (Å²) in [6.45, 7) is 8.36. The van der Waals surface area contributed by atoms with Crippen LogP contribution in [0, 0.1) is 5.92 Å². The van der Waals surface area contributed by atoms with Crippen molar-refractivity contribution < 1.29 is 0 Å². The van der Waals surface area contributed by atoms with Crippen molar-refractivity contribution in [1.82, 2.24) is 0 Å². The fourth-order valence-corrected chi connectivity index (χ4v) is 1.63. The first-order valence-corrected chi connectivity index (χ1v) is 4.07. The van der Waals surface area contributed by atoms with E-state index in [2.05, 4.69) is 26.5 Å². The molecule has 1 aliphatic carbocycles. The molecule has 0 amide bonds. The zero-order valence-electron chi connectivity index (χ0n) is 6.98. The molecule has 0 radical (unpaired) electrons. The van der Waals surface area contributed by atoms with Crippen molar-refractivity contribution in [3.05, 3.63) is 23.8 Å². The molecule has 0 aromatic carbocycles. The van der Waals surface area contributed by atoms with Gasteiger partial charge in [0.1, 0.15) is 0 Å². The van der Waals surface area contributed by atoms with E-state index in [0.717, 1.165) is 5.92 Å². The van der Waals surface area contributed by atoms with E-state index in [9.17, 15) is 0 Å². The van der Waals surface area contributed by atoms with Crippen LogP contribution in [0.15, 0.2) is 23.8 Å². The molecule has 0 N–H and O–H groups in total. The average molecular weight is 136 g/mol. The molecule has 56 valence electrons. The molecule has 0 saturated carbocycles. The Morgan fingerprint density at radius 1 is 1.70 bits per heavy atom. The predicted molar refractivity (Wildman–Crippen MR) is 45.9 cm³/mol. The summed E-state index contributed by atoms with van der Waals surface area (Å²) in [7, 11) is 0. The summed E-state index contributed by atoms with van der Waals surface area (Å²) < 4.78 is 0. The minimum atomic E-state index is 0.756. The molecule has 0 heterocycles. The van der Waals surface area contributed by atoms with Gasteiger partial charge >= 0.3 is 0 Å². The van der Waals surface area contributed by atoms with Crippen LogP contribution in [-0.4, -0.2) is 0 Å². The van der Waals surface area contributed by atoms with E-state index in [1.807, 2.05) is 0 Å². The lowest BCUT2D eigenvalue weighted by atomic mass is 9.86. The van der Waals surface area contributed by atoms with Gasteiger partial charge in [-0.1, -0.05) is 25.2 Å². The second kappa shape index (κ2) is 3.05. The van der Waals surface area contributed by atoms with E-state index < -0.39 is 0 Å². The molecule has 0 heteroatoms. The standard InChI is InChI=1S/C10H16/c1-8(2)10-7-5-4-6-9(10)3/h7,9H,1,4-6H2,2-3H3. The molecule has 0 aliphatic heterocycles. The van der Waals surface area contributed by atoms with Gasteiger partial charge < -0.3 is 0 Å². The molecule has 0 nitrogen and oxygen atoms in total. The van der Waals surface area contributed by atoms with E-state index in [4.69, 9.17) is 0 Å². The van der Waals surface area contributed by atoms with E-state index in [0.29, 0.717) is 0 Å². The molecular formula is C10H16. The smallest absolute Gasteiger partial charge is 0.0191 e. The Kier molecular flexibility index (Phi) is 2.31. The average Bonchev–Trinajstić information content (AvgIpc) is 1.88. The first-order valence-electron chi connectivity index (χ1n) is 4.07. The number of hydrogen-bond donors (Lipinski definition) is 0. The zero-order valence-corrected chi connectivity index (χ0v) is 6.98. The molecule has 10 heavy (non-hydrogen) atoms. The van der Waals surface area contributed by atoms with Crippen LogP contribution in [-0.2, 0) is 0 Å². The number of allylic oxidation sites excluding steroid dienone is 3. The third kappa shape index (κ3) is 1.50. The van der Waals surface area contributed by atoms with Crippen LogP contribution in [0.2, 0.25) is 0 Å². The second-order valence-electron chi connectivity index (χ2n) is 3.27. The summed E-state index contributed by atoms with van der Waals surface area (Å²) in [5.74, 6) is 0.756. The van der Waals surface area contributed by atoms with Crippen molar-refractivity contribution >= 4 is 0 Å². The van der Waals surface area contributed by atoms with Gasteiger partial charge in [0.05, 0.1) is 0 Å². The maximum atomic E-state index is 3.96. The van der Waals surface area contributed by atoms with E-state index in [1.54, 1.807) is 0 Å². The quantitative estimate of drug-likeness (QED) is 0.518. The maximum Gasteiger partial charge on any atom is -0.0191 e. The van der Waals surface area contributed by atoms with E-state index in [-0.39, 0.29) is 0 Å². The Morgan fingerprint density at radius 3 is 2.80 bits per heavy atom. The fraction of sp³-hybridized carbons (Fsp3) is 0.600. The van der Waals surface area contributed by atoms with Gasteiger partial charge in [-0.15, -0.1) is 0 Å². The molecule has 1 aliphatic rings. The topological polar surface area (TPSA) is 0 Å². The van der Waals surface area contributed by atoms with Crippen LogP contribution in [0.3, 0.4) is 0 Å². The first kappa shape index (κ1) is 7.59. The number of rotatable bonds is 1. The van der Waals surface area contributed by atoms with Crippen molar-refractivity contribution in [3.8, 4) is 0 Å². The molecule has 1 rings (SSSR count). The molecule has 0 aromatic rings. The van der Waals surface area contributed by atoms with Gasteiger partial charge in [-0.2, -0.15) is 0 Å². The van der Waals surface area contributed by atoms with Crippen LogP contribution in [0.25, 0.3) is 0 Å². The monoisotopic (exact) mass is 136 g/mol. The zero-order chi connectivity index (χ0) is 7.56. The SMILES string of the molecule is C=C(C)C1=CCCCC1C. The van der Waals surface area contributed by atoms with Crippen molar-refractivity contribution in [1.29, 1.82) is 0 Å². The lowest BCUT2D eigenvalue weighted by molar-refractivity contribution is 0.557. The third-order valence-corrected chi connectivity index (χ3v) is 2.23. The molecule has 0 fully saturated rings. The van der Waals surface area contributed by atoms with Crippen molar-refractivity contribution in [3.63, 3.8) is 0 Å². The highest BCUT2D eigenvalue weighted by atomic mass is 14.2.